The Morgan fingerprint density at radius 2 is 1.70 bits per heavy atom. The van der Waals surface area contributed by atoms with E-state index in [9.17, 15) is 0 Å². The quantitative estimate of drug-likeness (QED) is 0.432. The molecule has 2 aromatic rings. The van der Waals surface area contributed by atoms with E-state index in [0.717, 1.165) is 50.7 Å². The van der Waals surface area contributed by atoms with Crippen molar-refractivity contribution in [3.05, 3.63) is 42.0 Å². The normalized spacial score (nSPS) is 19.1. The van der Waals surface area contributed by atoms with Crippen molar-refractivity contribution >= 4 is 34.9 Å². The van der Waals surface area contributed by atoms with Gasteiger partial charge in [-0.1, -0.05) is 43.2 Å². The summed E-state index contributed by atoms with van der Waals surface area (Å²) in [4.78, 5) is 14.6. The molecule has 1 aromatic carbocycles. The summed E-state index contributed by atoms with van der Waals surface area (Å²) in [5.74, 6) is 2.64. The molecule has 2 aliphatic rings. The third-order valence-electron chi connectivity index (χ3n) is 6.72. The van der Waals surface area contributed by atoms with Gasteiger partial charge < -0.3 is 20.4 Å². The summed E-state index contributed by atoms with van der Waals surface area (Å²) >= 11 is 5.58. The lowest BCUT2D eigenvalue weighted by molar-refractivity contribution is 0.481. The Kier molecular flexibility index (Phi) is 8.75. The molecule has 0 amide bonds. The van der Waals surface area contributed by atoms with Crippen LogP contribution in [0.4, 0.5) is 17.6 Å². The number of aromatic nitrogens is 2. The largest absolute Gasteiger partial charge is 0.362 e. The van der Waals surface area contributed by atoms with Crippen LogP contribution in [0.2, 0.25) is 0 Å². The van der Waals surface area contributed by atoms with Crippen LogP contribution < -0.4 is 20.4 Å². The minimum Gasteiger partial charge on any atom is -0.362 e. The van der Waals surface area contributed by atoms with Gasteiger partial charge in [0.25, 0.3) is 0 Å². The van der Waals surface area contributed by atoms with Crippen molar-refractivity contribution in [1.29, 1.82) is 0 Å². The molecule has 1 aromatic heterocycles. The molecule has 2 N–H and O–H groups in total. The van der Waals surface area contributed by atoms with Crippen LogP contribution in [0.15, 0.2) is 36.4 Å². The first-order chi connectivity index (χ1) is 16.2. The standard InChI is InChI=1S/C26H38N6S/c1-21-12-7-10-19-32(21)24-20-23(31-17-8-2-3-9-18-31)28-25(29-24)30-26(33)27-16-11-15-22-13-5-4-6-14-22/h4-6,13-14,20-21H,2-3,7-12,15-19H2,1H3,(H2,27,28,29,30,33)/t21-/m1/s1. The number of aryl methyl sites for hydroxylation is 1. The molecule has 0 aliphatic carbocycles. The van der Waals surface area contributed by atoms with E-state index in [-0.39, 0.29) is 0 Å². The highest BCUT2D eigenvalue weighted by Crippen LogP contribution is 2.28. The molecule has 0 spiro atoms. The number of hydrogen-bond acceptors (Lipinski definition) is 5. The van der Waals surface area contributed by atoms with Crippen LogP contribution in [0.25, 0.3) is 0 Å². The molecular formula is C26H38N6S. The molecule has 6 nitrogen and oxygen atoms in total. The molecule has 7 heteroatoms. The Labute approximate surface area is 204 Å². The predicted octanol–water partition coefficient (Wildman–Crippen LogP) is 5.16. The SMILES string of the molecule is C[C@@H]1CCCCN1c1cc(N2CCCCCC2)nc(NC(=S)NCCCc2ccccc2)n1. The number of hydrogen-bond donors (Lipinski definition) is 2. The summed E-state index contributed by atoms with van der Waals surface area (Å²) in [5.41, 5.74) is 1.35. The Bertz CT molecular complexity index is 882. The molecule has 3 heterocycles. The fraction of sp³-hybridized carbons (Fsp3) is 0.577. The molecule has 2 aliphatic heterocycles. The zero-order valence-electron chi connectivity index (χ0n) is 19.9. The summed E-state index contributed by atoms with van der Waals surface area (Å²) in [6.07, 6.45) is 10.9. The summed E-state index contributed by atoms with van der Waals surface area (Å²) in [6.45, 7) is 6.31. The van der Waals surface area contributed by atoms with Gasteiger partial charge in [0, 0.05) is 38.3 Å². The second-order valence-corrected chi connectivity index (χ2v) is 9.73. The number of thiocarbonyl (C=S) groups is 1. The Balaban J connectivity index is 1.42. The Morgan fingerprint density at radius 3 is 2.45 bits per heavy atom. The van der Waals surface area contributed by atoms with Crippen LogP contribution in [-0.4, -0.2) is 47.3 Å². The monoisotopic (exact) mass is 466 g/mol. The summed E-state index contributed by atoms with van der Waals surface area (Å²) in [6, 6.07) is 13.3. The number of nitrogens with one attached hydrogen (secondary N) is 2. The van der Waals surface area contributed by atoms with Crippen molar-refractivity contribution in [3.63, 3.8) is 0 Å². The molecule has 2 fully saturated rings. The van der Waals surface area contributed by atoms with Crippen LogP contribution in [0, 0.1) is 0 Å². The van der Waals surface area contributed by atoms with Crippen LogP contribution in [0.3, 0.4) is 0 Å². The van der Waals surface area contributed by atoms with Gasteiger partial charge in [0.1, 0.15) is 11.6 Å². The van der Waals surface area contributed by atoms with E-state index in [1.54, 1.807) is 0 Å². The topological polar surface area (TPSA) is 56.3 Å². The van der Waals surface area contributed by atoms with Gasteiger partial charge in [0.2, 0.25) is 5.95 Å². The molecule has 0 unspecified atom stereocenters. The molecule has 1 atom stereocenters. The van der Waals surface area contributed by atoms with E-state index in [1.165, 1.54) is 50.5 Å². The first-order valence-electron chi connectivity index (χ1n) is 12.7. The van der Waals surface area contributed by atoms with Crippen LogP contribution in [0.1, 0.15) is 63.9 Å². The summed E-state index contributed by atoms with van der Waals surface area (Å²) < 4.78 is 0. The van der Waals surface area contributed by atoms with E-state index in [2.05, 4.69) is 63.8 Å². The van der Waals surface area contributed by atoms with Gasteiger partial charge in [-0.15, -0.1) is 0 Å². The van der Waals surface area contributed by atoms with E-state index in [1.807, 2.05) is 0 Å². The predicted molar refractivity (Wildman–Crippen MR) is 142 cm³/mol. The molecule has 178 valence electrons. The number of anilines is 3. The smallest absolute Gasteiger partial charge is 0.232 e. The molecule has 0 saturated carbocycles. The highest BCUT2D eigenvalue weighted by atomic mass is 32.1. The third-order valence-corrected chi connectivity index (χ3v) is 6.97. The second-order valence-electron chi connectivity index (χ2n) is 9.32. The van der Waals surface area contributed by atoms with Gasteiger partial charge in [-0.05, 0) is 69.7 Å². The zero-order chi connectivity index (χ0) is 22.9. The highest BCUT2D eigenvalue weighted by molar-refractivity contribution is 7.80. The Hall–Kier alpha value is -2.41. The highest BCUT2D eigenvalue weighted by Gasteiger charge is 2.22. The minimum absolute atomic E-state index is 0.501. The summed E-state index contributed by atoms with van der Waals surface area (Å²) in [7, 11) is 0. The number of benzene rings is 1. The molecule has 0 bridgehead atoms. The van der Waals surface area contributed by atoms with E-state index < -0.39 is 0 Å². The van der Waals surface area contributed by atoms with E-state index >= 15 is 0 Å². The van der Waals surface area contributed by atoms with Crippen molar-refractivity contribution in [1.82, 2.24) is 15.3 Å². The van der Waals surface area contributed by atoms with Crippen molar-refractivity contribution in [2.24, 2.45) is 0 Å². The van der Waals surface area contributed by atoms with E-state index in [4.69, 9.17) is 22.2 Å². The Morgan fingerprint density at radius 1 is 0.970 bits per heavy atom. The van der Waals surface area contributed by atoms with Crippen LogP contribution >= 0.6 is 12.2 Å². The maximum atomic E-state index is 5.58. The third kappa shape index (κ3) is 7.03. The van der Waals surface area contributed by atoms with Crippen molar-refractivity contribution in [2.75, 3.05) is 41.3 Å². The molecule has 0 radical (unpaired) electrons. The molecular weight excluding hydrogens is 428 g/mol. The lowest BCUT2D eigenvalue weighted by atomic mass is 10.0. The van der Waals surface area contributed by atoms with Gasteiger partial charge in [-0.25, -0.2) is 0 Å². The molecule has 4 rings (SSSR count). The lowest BCUT2D eigenvalue weighted by Crippen LogP contribution is -2.38. The molecule has 33 heavy (non-hydrogen) atoms. The van der Waals surface area contributed by atoms with Gasteiger partial charge in [-0.3, -0.25) is 0 Å². The number of piperidine rings is 1. The van der Waals surface area contributed by atoms with Crippen molar-refractivity contribution in [3.8, 4) is 0 Å². The second kappa shape index (κ2) is 12.2. The fourth-order valence-corrected chi connectivity index (χ4v) is 5.00. The number of rotatable bonds is 7. The lowest BCUT2D eigenvalue weighted by Gasteiger charge is -2.35. The van der Waals surface area contributed by atoms with Crippen molar-refractivity contribution in [2.45, 2.75) is 70.8 Å². The van der Waals surface area contributed by atoms with E-state index in [0.29, 0.717) is 17.1 Å². The zero-order valence-corrected chi connectivity index (χ0v) is 20.7. The first kappa shape index (κ1) is 23.7. The van der Waals surface area contributed by atoms with Gasteiger partial charge in [0.05, 0.1) is 0 Å². The average Bonchev–Trinajstić information content (AvgIpc) is 3.12. The average molecular weight is 467 g/mol. The van der Waals surface area contributed by atoms with Crippen LogP contribution in [0.5, 0.6) is 0 Å². The fourth-order valence-electron chi connectivity index (χ4n) is 4.81. The minimum atomic E-state index is 0.501. The van der Waals surface area contributed by atoms with Gasteiger partial charge >= 0.3 is 0 Å². The molecule has 2 saturated heterocycles. The first-order valence-corrected chi connectivity index (χ1v) is 13.1. The maximum absolute atomic E-state index is 5.58. The van der Waals surface area contributed by atoms with Gasteiger partial charge in [0.15, 0.2) is 5.11 Å². The van der Waals surface area contributed by atoms with Gasteiger partial charge in [-0.2, -0.15) is 9.97 Å². The van der Waals surface area contributed by atoms with Crippen LogP contribution in [-0.2, 0) is 6.42 Å². The maximum Gasteiger partial charge on any atom is 0.232 e. The van der Waals surface area contributed by atoms with Crippen molar-refractivity contribution < 1.29 is 0 Å². The number of nitrogens with zero attached hydrogens (tertiary/aromatic N) is 4. The summed E-state index contributed by atoms with van der Waals surface area (Å²) in [5, 5.41) is 7.20.